The van der Waals surface area contributed by atoms with E-state index in [-0.39, 0.29) is 0 Å². The van der Waals surface area contributed by atoms with Gasteiger partial charge in [0, 0.05) is 26.4 Å². The zero-order valence-corrected chi connectivity index (χ0v) is 10.7. The molecule has 0 fully saturated rings. The number of anilines is 1. The van der Waals surface area contributed by atoms with E-state index in [0.29, 0.717) is 18.1 Å². The Kier molecular flexibility index (Phi) is 5.44. The van der Waals surface area contributed by atoms with E-state index in [1.165, 1.54) is 0 Å². The van der Waals surface area contributed by atoms with Crippen molar-refractivity contribution in [2.75, 3.05) is 31.7 Å². The van der Waals surface area contributed by atoms with Crippen LogP contribution in [-0.2, 0) is 4.74 Å². The predicted molar refractivity (Wildman–Crippen MR) is 67.9 cm³/mol. The molecule has 0 saturated carbocycles. The van der Waals surface area contributed by atoms with E-state index in [2.05, 4.69) is 29.8 Å². The summed E-state index contributed by atoms with van der Waals surface area (Å²) in [5.74, 6) is 1.26. The SMILES string of the molecule is COCCN(CC(C)C)c1ncccc1C#N. The summed E-state index contributed by atoms with van der Waals surface area (Å²) in [4.78, 5) is 6.41. The second-order valence-electron chi connectivity index (χ2n) is 4.32. The summed E-state index contributed by atoms with van der Waals surface area (Å²) >= 11 is 0. The van der Waals surface area contributed by atoms with Gasteiger partial charge in [-0.15, -0.1) is 0 Å². The Morgan fingerprint density at radius 2 is 2.29 bits per heavy atom. The van der Waals surface area contributed by atoms with Crippen LogP contribution < -0.4 is 4.90 Å². The molecule has 0 bridgehead atoms. The van der Waals surface area contributed by atoms with Crippen molar-refractivity contribution in [2.24, 2.45) is 5.92 Å². The summed E-state index contributed by atoms with van der Waals surface area (Å²) in [6.45, 7) is 6.55. The molecule has 0 saturated heterocycles. The third-order valence-electron chi connectivity index (χ3n) is 2.36. The minimum absolute atomic E-state index is 0.514. The monoisotopic (exact) mass is 233 g/mol. The number of nitriles is 1. The molecule has 1 rings (SSSR count). The van der Waals surface area contributed by atoms with Crippen LogP contribution in [0.4, 0.5) is 5.82 Å². The van der Waals surface area contributed by atoms with E-state index in [9.17, 15) is 0 Å². The lowest BCUT2D eigenvalue weighted by molar-refractivity contribution is 0.204. The minimum Gasteiger partial charge on any atom is -0.383 e. The first-order valence-corrected chi connectivity index (χ1v) is 5.78. The molecule has 0 aliphatic rings. The fourth-order valence-corrected chi connectivity index (χ4v) is 1.66. The molecule has 4 heteroatoms. The van der Waals surface area contributed by atoms with Crippen molar-refractivity contribution >= 4 is 5.82 Å². The summed E-state index contributed by atoms with van der Waals surface area (Å²) in [6.07, 6.45) is 1.72. The molecular formula is C13H19N3O. The van der Waals surface area contributed by atoms with Gasteiger partial charge in [0.1, 0.15) is 11.9 Å². The van der Waals surface area contributed by atoms with Crippen LogP contribution >= 0.6 is 0 Å². The van der Waals surface area contributed by atoms with Gasteiger partial charge in [0.25, 0.3) is 0 Å². The van der Waals surface area contributed by atoms with E-state index >= 15 is 0 Å². The lowest BCUT2D eigenvalue weighted by Gasteiger charge is -2.25. The van der Waals surface area contributed by atoms with Crippen LogP contribution in [0.3, 0.4) is 0 Å². The second kappa shape index (κ2) is 6.87. The molecule has 1 aromatic heterocycles. The maximum absolute atomic E-state index is 9.08. The smallest absolute Gasteiger partial charge is 0.146 e. The molecule has 0 aromatic carbocycles. The van der Waals surface area contributed by atoms with Crippen molar-refractivity contribution in [1.29, 1.82) is 5.26 Å². The van der Waals surface area contributed by atoms with Crippen molar-refractivity contribution in [2.45, 2.75) is 13.8 Å². The molecule has 0 atom stereocenters. The Bertz CT molecular complexity index is 384. The fourth-order valence-electron chi connectivity index (χ4n) is 1.66. The zero-order chi connectivity index (χ0) is 12.7. The van der Waals surface area contributed by atoms with Crippen molar-refractivity contribution in [3.05, 3.63) is 23.9 Å². The van der Waals surface area contributed by atoms with Gasteiger partial charge in [-0.1, -0.05) is 13.8 Å². The van der Waals surface area contributed by atoms with E-state index < -0.39 is 0 Å². The molecule has 0 aliphatic carbocycles. The Balaban J connectivity index is 2.91. The summed E-state index contributed by atoms with van der Waals surface area (Å²) in [6, 6.07) is 5.76. The van der Waals surface area contributed by atoms with Crippen LogP contribution in [0.1, 0.15) is 19.4 Å². The number of hydrogen-bond acceptors (Lipinski definition) is 4. The first kappa shape index (κ1) is 13.5. The highest BCUT2D eigenvalue weighted by atomic mass is 16.5. The van der Waals surface area contributed by atoms with Crippen LogP contribution in [-0.4, -0.2) is 31.8 Å². The van der Waals surface area contributed by atoms with Crippen LogP contribution in [0.2, 0.25) is 0 Å². The van der Waals surface area contributed by atoms with E-state index in [1.807, 2.05) is 0 Å². The highest BCUT2D eigenvalue weighted by Crippen LogP contribution is 2.17. The minimum atomic E-state index is 0.514. The molecule has 1 aromatic rings. The van der Waals surface area contributed by atoms with E-state index in [4.69, 9.17) is 10.00 Å². The number of rotatable bonds is 6. The van der Waals surface area contributed by atoms with Crippen molar-refractivity contribution in [1.82, 2.24) is 4.98 Å². The van der Waals surface area contributed by atoms with Crippen molar-refractivity contribution in [3.8, 4) is 6.07 Å². The molecule has 92 valence electrons. The van der Waals surface area contributed by atoms with Crippen LogP contribution in [0.5, 0.6) is 0 Å². The van der Waals surface area contributed by atoms with Crippen LogP contribution in [0, 0.1) is 17.2 Å². The number of hydrogen-bond donors (Lipinski definition) is 0. The largest absolute Gasteiger partial charge is 0.383 e. The predicted octanol–water partition coefficient (Wildman–Crippen LogP) is 2.06. The van der Waals surface area contributed by atoms with Gasteiger partial charge in [0.05, 0.1) is 12.2 Å². The first-order chi connectivity index (χ1) is 8.19. The van der Waals surface area contributed by atoms with Gasteiger partial charge in [-0.05, 0) is 18.1 Å². The van der Waals surface area contributed by atoms with Gasteiger partial charge in [0.15, 0.2) is 0 Å². The third kappa shape index (κ3) is 4.04. The second-order valence-corrected chi connectivity index (χ2v) is 4.32. The Morgan fingerprint density at radius 1 is 1.53 bits per heavy atom. The van der Waals surface area contributed by atoms with E-state index in [0.717, 1.165) is 18.9 Å². The third-order valence-corrected chi connectivity index (χ3v) is 2.36. The average Bonchev–Trinajstić information content (AvgIpc) is 2.34. The van der Waals surface area contributed by atoms with Gasteiger partial charge in [-0.25, -0.2) is 4.98 Å². The number of pyridine rings is 1. The topological polar surface area (TPSA) is 49.1 Å². The van der Waals surface area contributed by atoms with Crippen LogP contribution in [0.15, 0.2) is 18.3 Å². The summed E-state index contributed by atoms with van der Waals surface area (Å²) in [5.41, 5.74) is 0.615. The summed E-state index contributed by atoms with van der Waals surface area (Å²) in [7, 11) is 1.68. The maximum atomic E-state index is 9.08. The molecule has 0 radical (unpaired) electrons. The summed E-state index contributed by atoms with van der Waals surface area (Å²) < 4.78 is 5.10. The summed E-state index contributed by atoms with van der Waals surface area (Å²) in [5, 5.41) is 9.08. The molecule has 4 nitrogen and oxygen atoms in total. The number of methoxy groups -OCH3 is 1. The molecule has 17 heavy (non-hydrogen) atoms. The quantitative estimate of drug-likeness (QED) is 0.754. The maximum Gasteiger partial charge on any atom is 0.146 e. The van der Waals surface area contributed by atoms with Crippen molar-refractivity contribution < 1.29 is 4.74 Å². The molecule has 0 unspecified atom stereocenters. The number of ether oxygens (including phenoxy) is 1. The number of nitrogens with zero attached hydrogens (tertiary/aromatic N) is 3. The fraction of sp³-hybridized carbons (Fsp3) is 0.538. The van der Waals surface area contributed by atoms with Gasteiger partial charge >= 0.3 is 0 Å². The lowest BCUT2D eigenvalue weighted by Crippen LogP contribution is -2.32. The normalized spacial score (nSPS) is 10.3. The van der Waals surface area contributed by atoms with E-state index in [1.54, 1.807) is 25.4 Å². The van der Waals surface area contributed by atoms with Crippen molar-refractivity contribution in [3.63, 3.8) is 0 Å². The Labute approximate surface area is 103 Å². The molecule has 0 spiro atoms. The van der Waals surface area contributed by atoms with Crippen LogP contribution in [0.25, 0.3) is 0 Å². The van der Waals surface area contributed by atoms with Gasteiger partial charge in [0.2, 0.25) is 0 Å². The number of aromatic nitrogens is 1. The standard InChI is InChI=1S/C13H19N3O/c1-11(2)10-16(7-8-17-3)13-12(9-14)5-4-6-15-13/h4-6,11H,7-8,10H2,1-3H3. The zero-order valence-electron chi connectivity index (χ0n) is 10.7. The highest BCUT2D eigenvalue weighted by Gasteiger charge is 2.13. The Morgan fingerprint density at radius 3 is 2.88 bits per heavy atom. The molecule has 0 amide bonds. The van der Waals surface area contributed by atoms with Gasteiger partial charge < -0.3 is 9.64 Å². The average molecular weight is 233 g/mol. The molecule has 0 N–H and O–H groups in total. The van der Waals surface area contributed by atoms with Gasteiger partial charge in [-0.2, -0.15) is 5.26 Å². The lowest BCUT2D eigenvalue weighted by atomic mass is 10.2. The Hall–Kier alpha value is -1.60. The molecular weight excluding hydrogens is 214 g/mol. The first-order valence-electron chi connectivity index (χ1n) is 5.78. The molecule has 0 aliphatic heterocycles. The van der Waals surface area contributed by atoms with Gasteiger partial charge in [-0.3, -0.25) is 0 Å². The molecule has 1 heterocycles. The highest BCUT2D eigenvalue weighted by molar-refractivity contribution is 5.53.